The summed E-state index contributed by atoms with van der Waals surface area (Å²) < 4.78 is 5.56. The van der Waals surface area contributed by atoms with E-state index in [-0.39, 0.29) is 0 Å². The zero-order valence-corrected chi connectivity index (χ0v) is 11.6. The molecule has 1 aliphatic carbocycles. The fourth-order valence-corrected chi connectivity index (χ4v) is 3.39. The lowest BCUT2D eigenvalue weighted by molar-refractivity contribution is 0.0680. The number of furan rings is 1. The van der Waals surface area contributed by atoms with E-state index < -0.39 is 0 Å². The predicted octanol–water partition coefficient (Wildman–Crippen LogP) is 3.18. The van der Waals surface area contributed by atoms with Crippen LogP contribution in [0.3, 0.4) is 0 Å². The highest BCUT2D eigenvalue weighted by atomic mass is 16.3. The zero-order valence-electron chi connectivity index (χ0n) is 11.6. The molecule has 0 aliphatic heterocycles. The lowest BCUT2D eigenvalue weighted by atomic mass is 9.83. The molecule has 0 amide bonds. The number of nitrogens with two attached hydrogens (primary N) is 1. The molecule has 2 N–H and O–H groups in total. The molecule has 3 atom stereocenters. The van der Waals surface area contributed by atoms with Crippen molar-refractivity contribution < 1.29 is 4.42 Å². The number of nitrogens with zero attached hydrogens (tertiary/aromatic N) is 1. The summed E-state index contributed by atoms with van der Waals surface area (Å²) in [7, 11) is 0. The minimum atomic E-state index is 0.349. The van der Waals surface area contributed by atoms with Gasteiger partial charge in [-0.2, -0.15) is 0 Å². The van der Waals surface area contributed by atoms with E-state index in [1.54, 1.807) is 6.26 Å². The Morgan fingerprint density at radius 3 is 2.83 bits per heavy atom. The van der Waals surface area contributed by atoms with Crippen molar-refractivity contribution in [2.45, 2.75) is 51.6 Å². The Bertz CT molecular complexity index is 336. The summed E-state index contributed by atoms with van der Waals surface area (Å²) in [6.07, 6.45) is 7.00. The van der Waals surface area contributed by atoms with E-state index in [1.807, 2.05) is 6.07 Å². The van der Waals surface area contributed by atoms with Gasteiger partial charge in [0.2, 0.25) is 0 Å². The smallest absolute Gasteiger partial charge is 0.120 e. The van der Waals surface area contributed by atoms with Gasteiger partial charge in [-0.1, -0.05) is 19.8 Å². The van der Waals surface area contributed by atoms with Crippen LogP contribution in [-0.2, 0) is 0 Å². The van der Waals surface area contributed by atoms with Crippen molar-refractivity contribution in [2.75, 3.05) is 13.1 Å². The van der Waals surface area contributed by atoms with E-state index in [2.05, 4.69) is 24.8 Å². The molecule has 18 heavy (non-hydrogen) atoms. The molecule has 1 aliphatic rings. The molecular weight excluding hydrogens is 224 g/mol. The van der Waals surface area contributed by atoms with Gasteiger partial charge in [-0.15, -0.1) is 0 Å². The van der Waals surface area contributed by atoms with Crippen molar-refractivity contribution in [2.24, 2.45) is 11.7 Å². The average Bonchev–Trinajstić information content (AvgIpc) is 2.94. The van der Waals surface area contributed by atoms with E-state index >= 15 is 0 Å². The highest BCUT2D eigenvalue weighted by Gasteiger charge is 2.32. The van der Waals surface area contributed by atoms with E-state index in [4.69, 9.17) is 10.2 Å². The Morgan fingerprint density at radius 2 is 2.22 bits per heavy atom. The Hall–Kier alpha value is -0.800. The standard InChI is InChI=1S/C15H26N2O/c1-3-17(12(2)15-9-6-10-18-15)14-8-5-4-7-13(14)11-16/h6,9-10,12-14H,3-5,7-8,11,16H2,1-2H3. The highest BCUT2D eigenvalue weighted by Crippen LogP contribution is 2.33. The predicted molar refractivity (Wildman–Crippen MR) is 74.3 cm³/mol. The van der Waals surface area contributed by atoms with Crippen LogP contribution in [0.4, 0.5) is 0 Å². The summed E-state index contributed by atoms with van der Waals surface area (Å²) >= 11 is 0. The molecule has 1 saturated carbocycles. The number of hydrogen-bond acceptors (Lipinski definition) is 3. The van der Waals surface area contributed by atoms with Gasteiger partial charge < -0.3 is 10.2 Å². The highest BCUT2D eigenvalue weighted by molar-refractivity contribution is 5.04. The molecule has 1 aromatic rings. The number of hydrogen-bond donors (Lipinski definition) is 1. The molecule has 0 radical (unpaired) electrons. The minimum absolute atomic E-state index is 0.349. The van der Waals surface area contributed by atoms with Crippen LogP contribution in [0.1, 0.15) is 51.3 Å². The number of rotatable bonds is 5. The van der Waals surface area contributed by atoms with E-state index in [0.717, 1.165) is 18.8 Å². The van der Waals surface area contributed by atoms with Crippen LogP contribution in [0.2, 0.25) is 0 Å². The molecular formula is C15H26N2O. The van der Waals surface area contributed by atoms with Gasteiger partial charge in [0.25, 0.3) is 0 Å². The second-order valence-electron chi connectivity index (χ2n) is 5.37. The second kappa shape index (κ2) is 6.39. The molecule has 0 saturated heterocycles. The van der Waals surface area contributed by atoms with Gasteiger partial charge in [0.15, 0.2) is 0 Å². The van der Waals surface area contributed by atoms with Gasteiger partial charge in [-0.05, 0) is 50.9 Å². The van der Waals surface area contributed by atoms with Crippen LogP contribution in [0, 0.1) is 5.92 Å². The summed E-state index contributed by atoms with van der Waals surface area (Å²) in [6, 6.07) is 5.02. The zero-order chi connectivity index (χ0) is 13.0. The minimum Gasteiger partial charge on any atom is -0.468 e. The SMILES string of the molecule is CCN(C(C)c1ccco1)C1CCCCC1CN. The van der Waals surface area contributed by atoms with Gasteiger partial charge in [0, 0.05) is 6.04 Å². The molecule has 3 heteroatoms. The average molecular weight is 250 g/mol. The normalized spacial score (nSPS) is 26.4. The molecule has 1 heterocycles. The summed E-state index contributed by atoms with van der Waals surface area (Å²) in [4.78, 5) is 2.56. The quantitative estimate of drug-likeness (QED) is 0.872. The molecule has 1 fully saturated rings. The lowest BCUT2D eigenvalue weighted by Crippen LogP contribution is -2.46. The first kappa shape index (κ1) is 13.6. The van der Waals surface area contributed by atoms with Gasteiger partial charge in [-0.25, -0.2) is 0 Å². The third kappa shape index (κ3) is 2.78. The lowest BCUT2D eigenvalue weighted by Gasteiger charge is -2.41. The molecule has 0 aromatic carbocycles. The van der Waals surface area contributed by atoms with Crippen LogP contribution < -0.4 is 5.73 Å². The third-order valence-corrected chi connectivity index (χ3v) is 4.42. The first-order valence-corrected chi connectivity index (χ1v) is 7.27. The Balaban J connectivity index is 2.11. The van der Waals surface area contributed by atoms with Crippen LogP contribution >= 0.6 is 0 Å². The summed E-state index contributed by atoms with van der Waals surface area (Å²) in [5, 5.41) is 0. The van der Waals surface area contributed by atoms with E-state index in [1.165, 1.54) is 25.7 Å². The maximum Gasteiger partial charge on any atom is 0.120 e. The van der Waals surface area contributed by atoms with Crippen molar-refractivity contribution >= 4 is 0 Å². The third-order valence-electron chi connectivity index (χ3n) is 4.42. The van der Waals surface area contributed by atoms with Crippen molar-refractivity contribution in [3.05, 3.63) is 24.2 Å². The van der Waals surface area contributed by atoms with Crippen LogP contribution in [-0.4, -0.2) is 24.0 Å². The fourth-order valence-electron chi connectivity index (χ4n) is 3.39. The van der Waals surface area contributed by atoms with Gasteiger partial charge in [0.1, 0.15) is 5.76 Å². The van der Waals surface area contributed by atoms with Gasteiger partial charge in [-0.3, -0.25) is 4.90 Å². The summed E-state index contributed by atoms with van der Waals surface area (Å²) in [5.41, 5.74) is 5.95. The van der Waals surface area contributed by atoms with Crippen LogP contribution in [0.5, 0.6) is 0 Å². The van der Waals surface area contributed by atoms with Crippen LogP contribution in [0.25, 0.3) is 0 Å². The molecule has 3 unspecified atom stereocenters. The molecule has 0 bridgehead atoms. The fraction of sp³-hybridized carbons (Fsp3) is 0.733. The van der Waals surface area contributed by atoms with Gasteiger partial charge >= 0.3 is 0 Å². The maximum absolute atomic E-state index is 5.95. The van der Waals surface area contributed by atoms with Crippen molar-refractivity contribution in [1.29, 1.82) is 0 Å². The maximum atomic E-state index is 5.95. The van der Waals surface area contributed by atoms with E-state index in [0.29, 0.717) is 18.0 Å². The Labute approximate surface area is 110 Å². The first-order chi connectivity index (χ1) is 8.77. The molecule has 102 valence electrons. The van der Waals surface area contributed by atoms with E-state index in [9.17, 15) is 0 Å². The molecule has 2 rings (SSSR count). The molecule has 1 aromatic heterocycles. The monoisotopic (exact) mass is 250 g/mol. The topological polar surface area (TPSA) is 42.4 Å². The summed E-state index contributed by atoms with van der Waals surface area (Å²) in [5.74, 6) is 1.72. The first-order valence-electron chi connectivity index (χ1n) is 7.27. The second-order valence-corrected chi connectivity index (χ2v) is 5.37. The van der Waals surface area contributed by atoms with Gasteiger partial charge in [0.05, 0.1) is 12.3 Å². The van der Waals surface area contributed by atoms with Crippen molar-refractivity contribution in [3.8, 4) is 0 Å². The van der Waals surface area contributed by atoms with Crippen LogP contribution in [0.15, 0.2) is 22.8 Å². The Kier molecular flexibility index (Phi) is 4.84. The Morgan fingerprint density at radius 1 is 1.44 bits per heavy atom. The van der Waals surface area contributed by atoms with Crippen molar-refractivity contribution in [3.63, 3.8) is 0 Å². The summed E-state index contributed by atoms with van der Waals surface area (Å²) in [6.45, 7) is 6.35. The molecule has 0 spiro atoms. The molecule has 3 nitrogen and oxygen atoms in total. The van der Waals surface area contributed by atoms with Crippen molar-refractivity contribution in [1.82, 2.24) is 4.90 Å². The largest absolute Gasteiger partial charge is 0.468 e.